The summed E-state index contributed by atoms with van der Waals surface area (Å²) in [6, 6.07) is 0. The van der Waals surface area contributed by atoms with E-state index < -0.39 is 11.4 Å². The fourth-order valence-corrected chi connectivity index (χ4v) is 8.66. The minimum atomic E-state index is -1.49. The topological polar surface area (TPSA) is 60.7 Å². The van der Waals surface area contributed by atoms with Gasteiger partial charge in [0, 0.05) is 12.8 Å². The van der Waals surface area contributed by atoms with Crippen molar-refractivity contribution in [3.05, 3.63) is 11.6 Å². The number of fused-ring (bicyclic) bond motifs is 5. The van der Waals surface area contributed by atoms with Crippen LogP contribution in [0.2, 0.25) is 0 Å². The molecule has 4 aliphatic rings. The summed E-state index contributed by atoms with van der Waals surface area (Å²) in [5, 5.41) is 30.5. The van der Waals surface area contributed by atoms with Crippen molar-refractivity contribution in [2.75, 3.05) is 0 Å². The molecule has 0 saturated heterocycles. The number of aliphatic hydroxyl groups is 3. The summed E-state index contributed by atoms with van der Waals surface area (Å²) < 4.78 is 0. The molecule has 0 unspecified atom stereocenters. The first-order chi connectivity index (χ1) is 13.9. The first-order valence-electron chi connectivity index (χ1n) is 12.7. The monoisotopic (exact) mass is 418 g/mol. The molecule has 172 valence electrons. The Balaban J connectivity index is 1.48. The fourth-order valence-electron chi connectivity index (χ4n) is 8.66. The van der Waals surface area contributed by atoms with Crippen LogP contribution in [0.5, 0.6) is 0 Å². The zero-order valence-electron chi connectivity index (χ0n) is 20.1. The maximum atomic E-state index is 10.2. The highest BCUT2D eigenvalue weighted by Crippen LogP contribution is 2.67. The molecule has 0 heterocycles. The van der Waals surface area contributed by atoms with Gasteiger partial charge in [-0.2, -0.15) is 0 Å². The predicted molar refractivity (Wildman–Crippen MR) is 122 cm³/mol. The van der Waals surface area contributed by atoms with Gasteiger partial charge in [-0.1, -0.05) is 45.3 Å². The first-order valence-corrected chi connectivity index (χ1v) is 12.7. The Morgan fingerprint density at radius 1 is 1.07 bits per heavy atom. The van der Waals surface area contributed by atoms with Gasteiger partial charge in [0.25, 0.3) is 0 Å². The van der Waals surface area contributed by atoms with Crippen LogP contribution in [0, 0.1) is 40.4 Å². The van der Waals surface area contributed by atoms with Gasteiger partial charge < -0.3 is 15.3 Å². The third-order valence-electron chi connectivity index (χ3n) is 10.4. The summed E-state index contributed by atoms with van der Waals surface area (Å²) in [7, 11) is 0. The maximum Gasteiger partial charge on any atom is 0.166 e. The molecule has 0 aliphatic heterocycles. The quantitative estimate of drug-likeness (QED) is 0.389. The van der Waals surface area contributed by atoms with E-state index in [-0.39, 0.29) is 5.41 Å². The van der Waals surface area contributed by atoms with E-state index in [1.54, 1.807) is 0 Å². The summed E-state index contributed by atoms with van der Waals surface area (Å²) in [5.74, 6) is 2.38. The molecule has 0 aromatic rings. The Bertz CT molecular complexity index is 674. The van der Waals surface area contributed by atoms with E-state index in [2.05, 4.69) is 26.8 Å². The number of rotatable bonds is 5. The Hall–Kier alpha value is -0.380. The third-order valence-corrected chi connectivity index (χ3v) is 10.4. The van der Waals surface area contributed by atoms with E-state index in [0.29, 0.717) is 18.3 Å². The lowest BCUT2D eigenvalue weighted by Crippen LogP contribution is -2.52. The van der Waals surface area contributed by atoms with Crippen LogP contribution in [0.25, 0.3) is 0 Å². The van der Waals surface area contributed by atoms with Crippen molar-refractivity contribution in [2.24, 2.45) is 40.4 Å². The van der Waals surface area contributed by atoms with Gasteiger partial charge in [-0.3, -0.25) is 0 Å². The number of allylic oxidation sites excluding steroid dienone is 1. The van der Waals surface area contributed by atoms with E-state index >= 15 is 0 Å². The lowest BCUT2D eigenvalue weighted by molar-refractivity contribution is -0.189. The Morgan fingerprint density at radius 3 is 2.50 bits per heavy atom. The molecule has 0 aromatic heterocycles. The summed E-state index contributed by atoms with van der Waals surface area (Å²) in [6.45, 7) is 11.4. The van der Waals surface area contributed by atoms with E-state index in [4.69, 9.17) is 0 Å². The zero-order chi connectivity index (χ0) is 21.9. The SMILES string of the molecule is C[C@H](CCCC(C)(C)O)[C@H]1CC[C@H]2[C@@H]3CC=C4CC(O)(O)CC[C@]4(C)[C@H]3CC[C@]12C. The Labute approximate surface area is 184 Å². The van der Waals surface area contributed by atoms with Gasteiger partial charge in [0.05, 0.1) is 5.60 Å². The molecule has 0 aromatic carbocycles. The molecule has 4 aliphatic carbocycles. The molecule has 4 rings (SSSR count). The highest BCUT2D eigenvalue weighted by atomic mass is 16.5. The van der Waals surface area contributed by atoms with Crippen molar-refractivity contribution < 1.29 is 15.3 Å². The molecule has 0 amide bonds. The normalized spacial score (nSPS) is 43.9. The average Bonchev–Trinajstić information content (AvgIpc) is 2.98. The van der Waals surface area contributed by atoms with E-state index in [1.807, 2.05) is 13.8 Å². The summed E-state index contributed by atoms with van der Waals surface area (Å²) in [5.41, 5.74) is 1.43. The lowest BCUT2D eigenvalue weighted by Gasteiger charge is -2.59. The lowest BCUT2D eigenvalue weighted by atomic mass is 9.46. The molecule has 0 spiro atoms. The number of hydrogen-bond acceptors (Lipinski definition) is 3. The second-order valence-electron chi connectivity index (χ2n) is 12.8. The minimum Gasteiger partial charge on any atom is -0.390 e. The van der Waals surface area contributed by atoms with Gasteiger partial charge in [-0.25, -0.2) is 0 Å². The molecule has 0 bridgehead atoms. The number of hydrogen-bond donors (Lipinski definition) is 3. The molecule has 3 fully saturated rings. The van der Waals surface area contributed by atoms with Crippen molar-refractivity contribution in [3.8, 4) is 0 Å². The van der Waals surface area contributed by atoms with E-state index in [0.717, 1.165) is 55.3 Å². The van der Waals surface area contributed by atoms with Crippen LogP contribution in [-0.4, -0.2) is 26.7 Å². The maximum absolute atomic E-state index is 10.2. The van der Waals surface area contributed by atoms with Gasteiger partial charge in [0.2, 0.25) is 0 Å². The fraction of sp³-hybridized carbons (Fsp3) is 0.926. The smallest absolute Gasteiger partial charge is 0.166 e. The largest absolute Gasteiger partial charge is 0.390 e. The van der Waals surface area contributed by atoms with E-state index in [9.17, 15) is 15.3 Å². The average molecular weight is 419 g/mol. The molecular formula is C27H46O3. The van der Waals surface area contributed by atoms with Gasteiger partial charge >= 0.3 is 0 Å². The van der Waals surface area contributed by atoms with E-state index in [1.165, 1.54) is 37.7 Å². The van der Waals surface area contributed by atoms with Crippen molar-refractivity contribution in [3.63, 3.8) is 0 Å². The molecule has 3 nitrogen and oxygen atoms in total. The van der Waals surface area contributed by atoms with Gasteiger partial charge in [-0.15, -0.1) is 0 Å². The van der Waals surface area contributed by atoms with Crippen LogP contribution >= 0.6 is 0 Å². The predicted octanol–water partition coefficient (Wildman–Crippen LogP) is 5.82. The summed E-state index contributed by atoms with van der Waals surface area (Å²) >= 11 is 0. The highest BCUT2D eigenvalue weighted by molar-refractivity contribution is 5.26. The van der Waals surface area contributed by atoms with Gasteiger partial charge in [0.1, 0.15) is 0 Å². The summed E-state index contributed by atoms with van der Waals surface area (Å²) in [4.78, 5) is 0. The Kier molecular flexibility index (Phi) is 5.77. The molecule has 3 heteroatoms. The molecule has 30 heavy (non-hydrogen) atoms. The van der Waals surface area contributed by atoms with Crippen molar-refractivity contribution >= 4 is 0 Å². The highest BCUT2D eigenvalue weighted by Gasteiger charge is 2.59. The van der Waals surface area contributed by atoms with Crippen LogP contribution < -0.4 is 0 Å². The first kappa shape index (κ1) is 22.8. The van der Waals surface area contributed by atoms with Crippen LogP contribution in [0.3, 0.4) is 0 Å². The zero-order valence-corrected chi connectivity index (χ0v) is 20.1. The molecular weight excluding hydrogens is 372 g/mol. The molecule has 0 radical (unpaired) electrons. The van der Waals surface area contributed by atoms with Crippen molar-refractivity contribution in [1.29, 1.82) is 0 Å². The standard InChI is InChI=1S/C27H46O3/c1-18(7-6-13-24(2,3)28)21-10-11-22-20-9-8-19-17-27(29,30)16-15-25(19,4)23(20)12-14-26(21,22)5/h8,18,20-23,28-30H,6-7,9-17H2,1-5H3/t18-,20+,21-,22+,23+,25+,26-/m1/s1. The molecule has 3 N–H and O–H groups in total. The summed E-state index contributed by atoms with van der Waals surface area (Å²) in [6.07, 6.45) is 14.1. The van der Waals surface area contributed by atoms with Crippen LogP contribution in [0.15, 0.2) is 11.6 Å². The van der Waals surface area contributed by atoms with Gasteiger partial charge in [0.15, 0.2) is 5.79 Å². The third kappa shape index (κ3) is 3.92. The molecule has 7 atom stereocenters. The van der Waals surface area contributed by atoms with Crippen LogP contribution in [-0.2, 0) is 0 Å². The van der Waals surface area contributed by atoms with Crippen LogP contribution in [0.4, 0.5) is 0 Å². The van der Waals surface area contributed by atoms with Crippen molar-refractivity contribution in [1.82, 2.24) is 0 Å². The second kappa shape index (κ2) is 7.59. The van der Waals surface area contributed by atoms with Crippen LogP contribution in [0.1, 0.15) is 105 Å². The minimum absolute atomic E-state index is 0.176. The molecule has 3 saturated carbocycles. The second-order valence-corrected chi connectivity index (χ2v) is 12.8. The van der Waals surface area contributed by atoms with Crippen molar-refractivity contribution in [2.45, 2.75) is 117 Å². The Morgan fingerprint density at radius 2 is 1.80 bits per heavy atom. The van der Waals surface area contributed by atoms with Gasteiger partial charge in [-0.05, 0) is 99.2 Å².